The van der Waals surface area contributed by atoms with Gasteiger partial charge in [0.15, 0.2) is 0 Å². The Morgan fingerprint density at radius 2 is 1.95 bits per heavy atom. The van der Waals surface area contributed by atoms with Crippen LogP contribution in [0.1, 0.15) is 17.2 Å². The summed E-state index contributed by atoms with van der Waals surface area (Å²) in [6, 6.07) is 15.2. The maximum atomic E-state index is 11.1. The molecule has 2 aromatic rings. The summed E-state index contributed by atoms with van der Waals surface area (Å²) < 4.78 is 0.716. The van der Waals surface area contributed by atoms with Crippen molar-refractivity contribution in [1.82, 2.24) is 5.32 Å². The lowest BCUT2D eigenvalue weighted by atomic mass is 9.98. The normalized spacial score (nSPS) is 12.1. The van der Waals surface area contributed by atoms with Gasteiger partial charge in [-0.25, -0.2) is 0 Å². The molecule has 0 radical (unpaired) electrons. The van der Waals surface area contributed by atoms with E-state index in [1.807, 2.05) is 43.4 Å². The van der Waals surface area contributed by atoms with E-state index in [0.717, 1.165) is 11.1 Å². The maximum absolute atomic E-state index is 11.1. The highest BCUT2D eigenvalue weighted by Crippen LogP contribution is 2.27. The molecule has 0 bridgehead atoms. The second kappa shape index (κ2) is 6.63. The molecule has 1 N–H and O–H groups in total. The first kappa shape index (κ1) is 14.7. The Hall–Kier alpha value is -1.72. The standard InChI is InChI=1S/C15H15BrN2O2/c1-17-14(11-5-3-2-4-6-11)9-12-7-8-13(16)10-15(12)18(19)20/h2-8,10,14,17H,9H2,1H3. The van der Waals surface area contributed by atoms with Crippen molar-refractivity contribution >= 4 is 21.6 Å². The Morgan fingerprint density at radius 1 is 1.25 bits per heavy atom. The molecule has 2 rings (SSSR count). The van der Waals surface area contributed by atoms with E-state index in [9.17, 15) is 10.1 Å². The molecular formula is C15H15BrN2O2. The number of nitrogens with one attached hydrogen (secondary N) is 1. The molecular weight excluding hydrogens is 320 g/mol. The van der Waals surface area contributed by atoms with E-state index in [-0.39, 0.29) is 16.7 Å². The summed E-state index contributed by atoms with van der Waals surface area (Å²) >= 11 is 3.27. The summed E-state index contributed by atoms with van der Waals surface area (Å²) in [5.41, 5.74) is 1.99. The first-order chi connectivity index (χ1) is 9.61. The molecule has 0 aliphatic carbocycles. The van der Waals surface area contributed by atoms with Crippen molar-refractivity contribution < 1.29 is 4.92 Å². The molecule has 0 heterocycles. The van der Waals surface area contributed by atoms with Crippen LogP contribution in [0.2, 0.25) is 0 Å². The Kier molecular flexibility index (Phi) is 4.87. The number of rotatable bonds is 5. The molecule has 0 saturated heterocycles. The second-order valence-electron chi connectivity index (χ2n) is 4.49. The van der Waals surface area contributed by atoms with Crippen molar-refractivity contribution in [1.29, 1.82) is 0 Å². The molecule has 2 aromatic carbocycles. The van der Waals surface area contributed by atoms with Gasteiger partial charge in [0.25, 0.3) is 5.69 Å². The van der Waals surface area contributed by atoms with Gasteiger partial charge in [0.1, 0.15) is 0 Å². The zero-order valence-electron chi connectivity index (χ0n) is 11.0. The predicted molar refractivity (Wildman–Crippen MR) is 82.7 cm³/mol. The number of nitro benzene ring substituents is 1. The molecule has 0 aromatic heterocycles. The van der Waals surface area contributed by atoms with Crippen molar-refractivity contribution in [2.75, 3.05) is 7.05 Å². The lowest BCUT2D eigenvalue weighted by Crippen LogP contribution is -2.19. The lowest BCUT2D eigenvalue weighted by Gasteiger charge is -2.16. The van der Waals surface area contributed by atoms with Gasteiger partial charge in [0, 0.05) is 22.1 Å². The topological polar surface area (TPSA) is 55.2 Å². The van der Waals surface area contributed by atoms with Gasteiger partial charge in [-0.1, -0.05) is 52.3 Å². The van der Waals surface area contributed by atoms with Crippen LogP contribution in [0.25, 0.3) is 0 Å². The minimum absolute atomic E-state index is 0.0519. The number of benzene rings is 2. The van der Waals surface area contributed by atoms with E-state index in [0.29, 0.717) is 10.9 Å². The van der Waals surface area contributed by atoms with E-state index >= 15 is 0 Å². The molecule has 0 spiro atoms. The van der Waals surface area contributed by atoms with Crippen LogP contribution in [0.4, 0.5) is 5.69 Å². The van der Waals surface area contributed by atoms with Crippen LogP contribution in [0.3, 0.4) is 0 Å². The molecule has 4 nitrogen and oxygen atoms in total. The molecule has 20 heavy (non-hydrogen) atoms. The zero-order chi connectivity index (χ0) is 14.5. The van der Waals surface area contributed by atoms with Gasteiger partial charge in [-0.05, 0) is 25.1 Å². The van der Waals surface area contributed by atoms with Gasteiger partial charge < -0.3 is 5.32 Å². The van der Waals surface area contributed by atoms with Crippen LogP contribution in [-0.4, -0.2) is 12.0 Å². The minimum atomic E-state index is -0.336. The summed E-state index contributed by atoms with van der Waals surface area (Å²) in [7, 11) is 1.86. The monoisotopic (exact) mass is 334 g/mol. The SMILES string of the molecule is CNC(Cc1ccc(Br)cc1[N+](=O)[O-])c1ccccc1. The van der Waals surface area contributed by atoms with E-state index < -0.39 is 0 Å². The third-order valence-corrected chi connectivity index (χ3v) is 3.71. The molecule has 5 heteroatoms. The van der Waals surface area contributed by atoms with Crippen LogP contribution < -0.4 is 5.32 Å². The highest BCUT2D eigenvalue weighted by Gasteiger charge is 2.18. The Morgan fingerprint density at radius 3 is 2.55 bits per heavy atom. The first-order valence-corrected chi connectivity index (χ1v) is 7.06. The lowest BCUT2D eigenvalue weighted by molar-refractivity contribution is -0.385. The van der Waals surface area contributed by atoms with E-state index in [2.05, 4.69) is 21.2 Å². The molecule has 0 aliphatic heterocycles. The fourth-order valence-electron chi connectivity index (χ4n) is 2.17. The van der Waals surface area contributed by atoms with Crippen LogP contribution >= 0.6 is 15.9 Å². The van der Waals surface area contributed by atoms with Crippen LogP contribution in [0, 0.1) is 10.1 Å². The molecule has 1 unspecified atom stereocenters. The minimum Gasteiger partial charge on any atom is -0.313 e. The average molecular weight is 335 g/mol. The number of hydrogen-bond donors (Lipinski definition) is 1. The summed E-state index contributed by atoms with van der Waals surface area (Å²) in [6.07, 6.45) is 0.574. The fourth-order valence-corrected chi connectivity index (χ4v) is 2.52. The number of nitrogens with zero attached hydrogens (tertiary/aromatic N) is 1. The van der Waals surface area contributed by atoms with Gasteiger partial charge in [0.05, 0.1) is 4.92 Å². The number of halogens is 1. The van der Waals surface area contributed by atoms with Crippen LogP contribution in [0.15, 0.2) is 53.0 Å². The quantitative estimate of drug-likeness (QED) is 0.667. The van der Waals surface area contributed by atoms with Crippen molar-refractivity contribution in [2.24, 2.45) is 0 Å². The smallest absolute Gasteiger partial charge is 0.273 e. The van der Waals surface area contributed by atoms with Gasteiger partial charge in [-0.3, -0.25) is 10.1 Å². The summed E-state index contributed by atoms with van der Waals surface area (Å²) in [5.74, 6) is 0. The van der Waals surface area contributed by atoms with E-state index in [4.69, 9.17) is 0 Å². The van der Waals surface area contributed by atoms with Crippen molar-refractivity contribution in [2.45, 2.75) is 12.5 Å². The summed E-state index contributed by atoms with van der Waals surface area (Å²) in [5, 5.41) is 14.4. The molecule has 0 aliphatic rings. The Labute approximate surface area is 126 Å². The van der Waals surface area contributed by atoms with Crippen molar-refractivity contribution in [3.05, 3.63) is 74.2 Å². The maximum Gasteiger partial charge on any atom is 0.273 e. The summed E-state index contributed by atoms with van der Waals surface area (Å²) in [4.78, 5) is 10.8. The van der Waals surface area contributed by atoms with Crippen molar-refractivity contribution in [3.63, 3.8) is 0 Å². The van der Waals surface area contributed by atoms with Gasteiger partial charge >= 0.3 is 0 Å². The molecule has 104 valence electrons. The molecule has 1 atom stereocenters. The highest BCUT2D eigenvalue weighted by molar-refractivity contribution is 9.10. The Balaban J connectivity index is 2.31. The third kappa shape index (κ3) is 3.43. The third-order valence-electron chi connectivity index (χ3n) is 3.22. The van der Waals surface area contributed by atoms with Gasteiger partial charge in [0.2, 0.25) is 0 Å². The largest absolute Gasteiger partial charge is 0.313 e. The van der Waals surface area contributed by atoms with Crippen LogP contribution in [0.5, 0.6) is 0 Å². The first-order valence-electron chi connectivity index (χ1n) is 6.27. The molecule has 0 fully saturated rings. The van der Waals surface area contributed by atoms with Crippen LogP contribution in [-0.2, 0) is 6.42 Å². The fraction of sp³-hybridized carbons (Fsp3) is 0.200. The Bertz CT molecular complexity index is 602. The van der Waals surface area contributed by atoms with Crippen molar-refractivity contribution in [3.8, 4) is 0 Å². The predicted octanol–water partition coefficient (Wildman–Crippen LogP) is 3.86. The summed E-state index contributed by atoms with van der Waals surface area (Å²) in [6.45, 7) is 0. The average Bonchev–Trinajstić information content (AvgIpc) is 2.46. The van der Waals surface area contributed by atoms with E-state index in [1.165, 1.54) is 0 Å². The highest BCUT2D eigenvalue weighted by atomic mass is 79.9. The zero-order valence-corrected chi connectivity index (χ0v) is 12.6. The molecule has 0 amide bonds. The number of hydrogen-bond acceptors (Lipinski definition) is 3. The van der Waals surface area contributed by atoms with E-state index in [1.54, 1.807) is 12.1 Å². The number of nitro groups is 1. The van der Waals surface area contributed by atoms with Gasteiger partial charge in [-0.15, -0.1) is 0 Å². The second-order valence-corrected chi connectivity index (χ2v) is 5.40. The molecule has 0 saturated carbocycles. The number of likely N-dealkylation sites (N-methyl/N-ethyl adjacent to an activating group) is 1. The van der Waals surface area contributed by atoms with Gasteiger partial charge in [-0.2, -0.15) is 0 Å².